The summed E-state index contributed by atoms with van der Waals surface area (Å²) < 4.78 is 40.2. The van der Waals surface area contributed by atoms with Crippen LogP contribution in [-0.4, -0.2) is 41.5 Å². The first-order valence-electron chi connectivity index (χ1n) is 15.4. The van der Waals surface area contributed by atoms with Gasteiger partial charge in [-0.3, -0.25) is 9.69 Å². The predicted octanol–water partition coefficient (Wildman–Crippen LogP) is 7.91. The number of nitrogens with one attached hydrogen (secondary N) is 4. The molecule has 0 saturated carbocycles. The lowest BCUT2D eigenvalue weighted by Gasteiger charge is -2.27. The van der Waals surface area contributed by atoms with Crippen molar-refractivity contribution < 1.29 is 22.8 Å². The number of aromatic nitrogens is 2. The Morgan fingerprint density at radius 2 is 1.83 bits per heavy atom. The molecule has 8 nitrogen and oxygen atoms in total. The second-order valence-corrected chi connectivity index (χ2v) is 12.5. The maximum absolute atomic E-state index is 13.8. The third-order valence-corrected chi connectivity index (χ3v) is 7.45. The number of halogens is 3. The SMILES string of the molecule is CC(C)(C)CC(=O)NCC#Cc1ccc(NC(=O)N2CCCCNc3ccc(-c4cccc(C(F)(F)F)c4)nc32)cc1-c1cc[nH]c1. The molecule has 0 spiro atoms. The Balaban J connectivity index is 1.40. The largest absolute Gasteiger partial charge is 0.416 e. The molecule has 3 heterocycles. The average Bonchev–Trinajstić information content (AvgIpc) is 3.54. The molecule has 0 fully saturated rings. The molecular formula is C36H37F3N6O2. The van der Waals surface area contributed by atoms with Crippen LogP contribution in [0.4, 0.5) is 35.2 Å². The number of carbonyl (C=O) groups excluding carboxylic acids is 2. The summed E-state index contributed by atoms with van der Waals surface area (Å²) in [6, 6.07) is 15.3. The minimum atomic E-state index is -4.49. The number of carbonyl (C=O) groups is 2. The second kappa shape index (κ2) is 14.0. The van der Waals surface area contributed by atoms with Crippen LogP contribution in [0.3, 0.4) is 0 Å². The smallest absolute Gasteiger partial charge is 0.382 e. The molecule has 3 amide bonds. The van der Waals surface area contributed by atoms with Crippen molar-refractivity contribution in [1.29, 1.82) is 0 Å². The Morgan fingerprint density at radius 3 is 2.57 bits per heavy atom. The number of urea groups is 1. The molecular weight excluding hydrogens is 605 g/mol. The number of fused-ring (bicyclic) bond motifs is 1. The molecule has 4 aromatic rings. The summed E-state index contributed by atoms with van der Waals surface area (Å²) in [6.45, 7) is 7.25. The van der Waals surface area contributed by atoms with E-state index >= 15 is 0 Å². The van der Waals surface area contributed by atoms with Crippen LogP contribution in [0.15, 0.2) is 73.1 Å². The molecule has 47 heavy (non-hydrogen) atoms. The van der Waals surface area contributed by atoms with Crippen molar-refractivity contribution in [3.63, 3.8) is 0 Å². The highest BCUT2D eigenvalue weighted by Gasteiger charge is 2.31. The van der Waals surface area contributed by atoms with Crippen LogP contribution in [0.25, 0.3) is 22.4 Å². The molecule has 5 rings (SSSR count). The van der Waals surface area contributed by atoms with Crippen LogP contribution < -0.4 is 20.9 Å². The molecule has 1 aliphatic rings. The van der Waals surface area contributed by atoms with Gasteiger partial charge in [-0.25, -0.2) is 9.78 Å². The molecule has 0 saturated heterocycles. The zero-order valence-corrected chi connectivity index (χ0v) is 26.5. The van der Waals surface area contributed by atoms with Crippen molar-refractivity contribution in [3.8, 4) is 34.2 Å². The number of rotatable bonds is 5. The molecule has 0 atom stereocenters. The van der Waals surface area contributed by atoms with Gasteiger partial charge in [-0.05, 0) is 66.8 Å². The number of alkyl halides is 3. The minimum absolute atomic E-state index is 0.0619. The van der Waals surface area contributed by atoms with Gasteiger partial charge in [0.15, 0.2) is 5.82 Å². The first-order chi connectivity index (χ1) is 22.4. The zero-order chi connectivity index (χ0) is 33.6. The summed E-state index contributed by atoms with van der Waals surface area (Å²) in [4.78, 5) is 35.2. The van der Waals surface area contributed by atoms with Gasteiger partial charge < -0.3 is 20.9 Å². The molecule has 4 N–H and O–H groups in total. The summed E-state index contributed by atoms with van der Waals surface area (Å²) in [6.07, 6.45) is 1.05. The average molecular weight is 643 g/mol. The van der Waals surface area contributed by atoms with Gasteiger partial charge in [-0.2, -0.15) is 13.2 Å². The van der Waals surface area contributed by atoms with E-state index in [9.17, 15) is 22.8 Å². The maximum Gasteiger partial charge on any atom is 0.416 e. The minimum Gasteiger partial charge on any atom is -0.382 e. The lowest BCUT2D eigenvalue weighted by molar-refractivity contribution is -0.137. The standard InChI is InChI=1S/C36H37F3N6O2/c1-35(2,3)22-32(46)42-17-7-9-24-11-12-28(21-29(24)26-15-18-40-23-26)43-34(47)45-19-5-4-16-41-31-14-13-30(44-33(31)45)25-8-6-10-27(20-25)36(37,38)39/h6,8,10-15,18,20-21,23,40-41H,4-5,16-17,19,22H2,1-3H3,(H,42,46)(H,43,47). The Labute approximate surface area is 272 Å². The first kappa shape index (κ1) is 33.1. The molecule has 11 heteroatoms. The molecule has 0 bridgehead atoms. The van der Waals surface area contributed by atoms with Crippen molar-refractivity contribution in [2.75, 3.05) is 35.2 Å². The van der Waals surface area contributed by atoms with Crippen LogP contribution in [0.1, 0.15) is 51.2 Å². The number of H-pyrrole nitrogens is 1. The van der Waals surface area contributed by atoms with E-state index in [1.54, 1.807) is 30.5 Å². The van der Waals surface area contributed by atoms with E-state index in [1.807, 2.05) is 45.2 Å². The van der Waals surface area contributed by atoms with E-state index in [0.29, 0.717) is 54.4 Å². The van der Waals surface area contributed by atoms with Gasteiger partial charge in [0.2, 0.25) is 5.91 Å². The van der Waals surface area contributed by atoms with Gasteiger partial charge in [0.1, 0.15) is 0 Å². The fourth-order valence-corrected chi connectivity index (χ4v) is 5.21. The van der Waals surface area contributed by atoms with Crippen LogP contribution >= 0.6 is 0 Å². The van der Waals surface area contributed by atoms with Crippen LogP contribution in [-0.2, 0) is 11.0 Å². The van der Waals surface area contributed by atoms with Crippen LogP contribution in [0, 0.1) is 17.3 Å². The lowest BCUT2D eigenvalue weighted by atomic mass is 9.92. The van der Waals surface area contributed by atoms with Gasteiger partial charge in [-0.15, -0.1) is 0 Å². The van der Waals surface area contributed by atoms with Crippen molar-refractivity contribution >= 4 is 29.1 Å². The van der Waals surface area contributed by atoms with Gasteiger partial charge >= 0.3 is 12.2 Å². The molecule has 2 aromatic carbocycles. The van der Waals surface area contributed by atoms with Gasteiger partial charge in [-0.1, -0.05) is 44.7 Å². The third kappa shape index (κ3) is 8.73. The van der Waals surface area contributed by atoms with Crippen LogP contribution in [0.2, 0.25) is 0 Å². The number of aromatic amines is 1. The normalized spacial score (nSPS) is 13.3. The number of hydrogen-bond donors (Lipinski definition) is 4. The summed E-state index contributed by atoms with van der Waals surface area (Å²) in [5, 5.41) is 9.11. The summed E-state index contributed by atoms with van der Waals surface area (Å²) in [7, 11) is 0. The van der Waals surface area contributed by atoms with Crippen molar-refractivity contribution in [1.82, 2.24) is 15.3 Å². The number of benzene rings is 2. The number of anilines is 3. The quantitative estimate of drug-likeness (QED) is 0.166. The molecule has 0 aliphatic carbocycles. The third-order valence-electron chi connectivity index (χ3n) is 7.45. The summed E-state index contributed by atoms with van der Waals surface area (Å²) >= 11 is 0. The highest BCUT2D eigenvalue weighted by Crippen LogP contribution is 2.35. The molecule has 0 radical (unpaired) electrons. The topological polar surface area (TPSA) is 102 Å². The number of nitrogens with zero attached hydrogens (tertiary/aromatic N) is 2. The van der Waals surface area contributed by atoms with Gasteiger partial charge in [0.05, 0.1) is 23.5 Å². The summed E-state index contributed by atoms with van der Waals surface area (Å²) in [5.41, 5.74) is 3.26. The van der Waals surface area contributed by atoms with Crippen molar-refractivity contribution in [3.05, 3.63) is 84.2 Å². The summed E-state index contributed by atoms with van der Waals surface area (Å²) in [5.74, 6) is 6.43. The fraction of sp³-hybridized carbons (Fsp3) is 0.306. The first-order valence-corrected chi connectivity index (χ1v) is 15.4. The molecule has 244 valence electrons. The number of amides is 3. The Hall–Kier alpha value is -5.24. The monoisotopic (exact) mass is 642 g/mol. The lowest BCUT2D eigenvalue weighted by Crippen LogP contribution is -2.38. The maximum atomic E-state index is 13.8. The van der Waals surface area contributed by atoms with Crippen molar-refractivity contribution in [2.24, 2.45) is 5.41 Å². The molecule has 2 aromatic heterocycles. The Morgan fingerprint density at radius 1 is 1.00 bits per heavy atom. The van der Waals surface area contributed by atoms with E-state index in [4.69, 9.17) is 0 Å². The predicted molar refractivity (Wildman–Crippen MR) is 179 cm³/mol. The van der Waals surface area contributed by atoms with Crippen molar-refractivity contribution in [2.45, 2.75) is 46.2 Å². The number of pyridine rings is 1. The Kier molecular flexibility index (Phi) is 9.89. The zero-order valence-electron chi connectivity index (χ0n) is 26.5. The van der Waals surface area contributed by atoms with E-state index in [-0.39, 0.29) is 17.9 Å². The molecule has 0 unspecified atom stereocenters. The van der Waals surface area contributed by atoms with Gasteiger partial charge in [0, 0.05) is 59.8 Å². The van der Waals surface area contributed by atoms with Gasteiger partial charge in [0.25, 0.3) is 0 Å². The highest BCUT2D eigenvalue weighted by molar-refractivity contribution is 6.03. The number of hydrogen-bond acceptors (Lipinski definition) is 4. The molecule has 1 aliphatic heterocycles. The fourth-order valence-electron chi connectivity index (χ4n) is 5.21. The Bertz CT molecular complexity index is 1800. The highest BCUT2D eigenvalue weighted by atomic mass is 19.4. The van der Waals surface area contributed by atoms with E-state index in [0.717, 1.165) is 35.2 Å². The van der Waals surface area contributed by atoms with E-state index in [1.165, 1.54) is 11.0 Å². The second-order valence-electron chi connectivity index (χ2n) is 12.5. The van der Waals surface area contributed by atoms with Crippen LogP contribution in [0.5, 0.6) is 0 Å². The van der Waals surface area contributed by atoms with E-state index in [2.05, 4.69) is 37.8 Å². The van der Waals surface area contributed by atoms with E-state index < -0.39 is 17.8 Å².